The highest BCUT2D eigenvalue weighted by atomic mass is 127. The number of carbonyl (C=O) groups excluding carboxylic acids is 1. The Hall–Kier alpha value is -1.34. The number of hydrogen-bond donors (Lipinski definition) is 1. The highest BCUT2D eigenvalue weighted by Crippen LogP contribution is 2.23. The molecule has 0 saturated carbocycles. The molecule has 2 aromatic rings. The number of nitrogens with zero attached hydrogens (tertiary/aromatic N) is 1. The summed E-state index contributed by atoms with van der Waals surface area (Å²) in [5, 5.41) is 3.56. The third kappa shape index (κ3) is 15.6. The Morgan fingerprint density at radius 3 is 2.00 bits per heavy atom. The van der Waals surface area contributed by atoms with Crippen molar-refractivity contribution in [3.05, 3.63) is 58.9 Å². The summed E-state index contributed by atoms with van der Waals surface area (Å²) in [6.45, 7) is 6.66. The number of hydrogen-bond acceptors (Lipinski definition) is 2. The molecule has 0 bridgehead atoms. The topological polar surface area (TPSA) is 42.2 Å². The van der Waals surface area contributed by atoms with Gasteiger partial charge in [-0.2, -0.15) is 0 Å². The maximum Gasteiger partial charge on any atom is 0.224 e. The average Bonchev–Trinajstić information content (AvgIpc) is 2.88. The van der Waals surface area contributed by atoms with Crippen molar-refractivity contribution < 1.29 is 38.1 Å². The van der Waals surface area contributed by atoms with E-state index in [4.69, 9.17) is 16.3 Å². The van der Waals surface area contributed by atoms with E-state index in [2.05, 4.69) is 36.1 Å². The quantitative estimate of drug-likeness (QED) is 0.126. The highest BCUT2D eigenvalue weighted by Gasteiger charge is 2.09. The van der Waals surface area contributed by atoms with Crippen molar-refractivity contribution in [3.8, 4) is 5.75 Å². The molecule has 0 aliphatic carbocycles. The third-order valence-electron chi connectivity index (χ3n) is 6.57. The maximum absolute atomic E-state index is 12.4. The summed E-state index contributed by atoms with van der Waals surface area (Å²) in [4.78, 5) is 12.4. The largest absolute Gasteiger partial charge is 1.00 e. The van der Waals surface area contributed by atoms with Gasteiger partial charge in [-0.15, -0.1) is 0 Å². The molecular weight excluding hydrogens is 595 g/mol. The Balaban J connectivity index is 0.00000684. The molecule has 1 heterocycles. The van der Waals surface area contributed by atoms with E-state index in [1.807, 2.05) is 30.3 Å². The molecule has 4 nitrogen and oxygen atoms in total. The lowest BCUT2D eigenvalue weighted by molar-refractivity contribution is -0.697. The van der Waals surface area contributed by atoms with E-state index in [1.54, 1.807) is 0 Å². The lowest BCUT2D eigenvalue weighted by Gasteiger charge is -2.10. The number of carbonyl (C=O) groups is 1. The summed E-state index contributed by atoms with van der Waals surface area (Å²) in [6.07, 6.45) is 21.5. The Kier molecular flexibility index (Phi) is 19.6. The van der Waals surface area contributed by atoms with Gasteiger partial charge in [0.1, 0.15) is 12.3 Å². The Bertz CT molecular complexity index is 861. The van der Waals surface area contributed by atoms with Gasteiger partial charge in [0.25, 0.3) is 0 Å². The molecule has 2 rings (SSSR count). The molecule has 0 atom stereocenters. The summed E-state index contributed by atoms with van der Waals surface area (Å²) < 4.78 is 8.03. The molecule has 37 heavy (non-hydrogen) atoms. The van der Waals surface area contributed by atoms with Crippen LogP contribution in [0, 0.1) is 0 Å². The number of unbranched alkanes of at least 4 members (excludes halogenated alkanes) is 11. The Morgan fingerprint density at radius 1 is 0.838 bits per heavy atom. The van der Waals surface area contributed by atoms with Crippen LogP contribution in [0.15, 0.2) is 42.7 Å². The minimum absolute atomic E-state index is 0. The zero-order valence-corrected chi connectivity index (χ0v) is 26.0. The van der Waals surface area contributed by atoms with E-state index in [1.165, 1.54) is 70.6 Å². The van der Waals surface area contributed by atoms with Crippen LogP contribution in [-0.2, 0) is 24.3 Å². The number of aryl methyl sites for hydroxylation is 1. The van der Waals surface area contributed by atoms with Gasteiger partial charge < -0.3 is 34.0 Å². The first-order valence-electron chi connectivity index (χ1n) is 14.3. The lowest BCUT2D eigenvalue weighted by Crippen LogP contribution is -3.00. The average molecular weight is 643 g/mol. The monoisotopic (exact) mass is 642 g/mol. The van der Waals surface area contributed by atoms with Gasteiger partial charge in [-0.25, -0.2) is 4.57 Å². The molecule has 0 saturated heterocycles. The number of benzene rings is 1. The van der Waals surface area contributed by atoms with Crippen molar-refractivity contribution in [2.24, 2.45) is 0 Å². The summed E-state index contributed by atoms with van der Waals surface area (Å²) in [5.74, 6) is 0.740. The molecule has 1 aromatic carbocycles. The van der Waals surface area contributed by atoms with Crippen molar-refractivity contribution in [2.45, 2.75) is 117 Å². The van der Waals surface area contributed by atoms with E-state index in [0.717, 1.165) is 36.3 Å². The number of rotatable bonds is 20. The normalized spacial score (nSPS) is 10.7. The van der Waals surface area contributed by atoms with Gasteiger partial charge in [-0.3, -0.25) is 4.79 Å². The fourth-order valence-electron chi connectivity index (χ4n) is 4.34. The van der Waals surface area contributed by atoms with Gasteiger partial charge in [-0.05, 0) is 29.7 Å². The number of halogens is 2. The highest BCUT2D eigenvalue weighted by molar-refractivity contribution is 6.31. The van der Waals surface area contributed by atoms with Gasteiger partial charge in [0, 0.05) is 30.1 Å². The third-order valence-corrected chi connectivity index (χ3v) is 6.93. The summed E-state index contributed by atoms with van der Waals surface area (Å²) in [6, 6.07) is 9.74. The second-order valence-electron chi connectivity index (χ2n) is 9.89. The zero-order valence-electron chi connectivity index (χ0n) is 23.1. The van der Waals surface area contributed by atoms with E-state index < -0.39 is 0 Å². The molecule has 1 N–H and O–H groups in total. The first-order chi connectivity index (χ1) is 17.6. The number of ether oxygens (including phenoxy) is 1. The van der Waals surface area contributed by atoms with E-state index in [0.29, 0.717) is 18.2 Å². The maximum atomic E-state index is 12.4. The summed E-state index contributed by atoms with van der Waals surface area (Å²) in [5.41, 5.74) is 1.91. The second kappa shape index (κ2) is 21.6. The van der Waals surface area contributed by atoms with Crippen LogP contribution in [-0.4, -0.2) is 12.5 Å². The zero-order chi connectivity index (χ0) is 25.8. The molecule has 0 aliphatic heterocycles. The van der Waals surface area contributed by atoms with Crippen LogP contribution in [0.2, 0.25) is 5.02 Å². The van der Waals surface area contributed by atoms with E-state index >= 15 is 0 Å². The van der Waals surface area contributed by atoms with Crippen LogP contribution in [0.4, 0.5) is 0 Å². The van der Waals surface area contributed by atoms with Crippen molar-refractivity contribution >= 4 is 17.5 Å². The van der Waals surface area contributed by atoms with Gasteiger partial charge in [0.15, 0.2) is 12.4 Å². The minimum Gasteiger partial charge on any atom is -1.00 e. The standard InChI is InChI=1S/C31H47ClN2O2.HI/c1-3-5-6-7-8-9-10-11-12-13-14-15-23-36-29-17-16-28(30(32)25-29)24-31(35)33-26-27-18-21-34(20-4-2)22-19-27;/h16-19,21-22,25H,3-15,20,23-24,26H2,1-2H3;1H. The fourth-order valence-corrected chi connectivity index (χ4v) is 4.58. The molecule has 0 fully saturated rings. The van der Waals surface area contributed by atoms with Gasteiger partial charge in [-0.1, -0.05) is 102 Å². The summed E-state index contributed by atoms with van der Waals surface area (Å²) in [7, 11) is 0. The van der Waals surface area contributed by atoms with E-state index in [9.17, 15) is 4.79 Å². The molecule has 1 amide bonds. The minimum atomic E-state index is -0.0349. The molecule has 0 unspecified atom stereocenters. The number of amides is 1. The van der Waals surface area contributed by atoms with Crippen molar-refractivity contribution in [1.29, 1.82) is 0 Å². The second-order valence-corrected chi connectivity index (χ2v) is 10.3. The SMILES string of the molecule is CCCCCCCCCCCCCCOc1ccc(CC(=O)NCc2cc[n+](CCC)cc2)c(Cl)c1.[I-]. The fraction of sp³-hybridized carbons (Fsp3) is 0.613. The molecule has 6 heteroatoms. The molecular formula is C31H48ClIN2O2. The van der Waals surface area contributed by atoms with E-state index in [-0.39, 0.29) is 36.3 Å². The van der Waals surface area contributed by atoms with Crippen LogP contribution < -0.4 is 38.6 Å². The van der Waals surface area contributed by atoms with Crippen LogP contribution in [0.25, 0.3) is 0 Å². The van der Waals surface area contributed by atoms with Crippen molar-refractivity contribution in [1.82, 2.24) is 5.32 Å². The number of pyridine rings is 1. The van der Waals surface area contributed by atoms with Crippen LogP contribution in [0.1, 0.15) is 108 Å². The van der Waals surface area contributed by atoms with Crippen molar-refractivity contribution in [3.63, 3.8) is 0 Å². The first-order valence-corrected chi connectivity index (χ1v) is 14.7. The molecule has 208 valence electrons. The first kappa shape index (κ1) is 33.7. The molecule has 0 aliphatic rings. The van der Waals surface area contributed by atoms with Crippen LogP contribution in [0.3, 0.4) is 0 Å². The molecule has 0 radical (unpaired) electrons. The van der Waals surface area contributed by atoms with Gasteiger partial charge >= 0.3 is 0 Å². The Morgan fingerprint density at radius 2 is 1.43 bits per heavy atom. The summed E-state index contributed by atoms with van der Waals surface area (Å²) >= 11 is 6.43. The molecule has 1 aromatic heterocycles. The van der Waals surface area contributed by atoms with Crippen molar-refractivity contribution in [2.75, 3.05) is 6.61 Å². The van der Waals surface area contributed by atoms with Gasteiger partial charge in [0.05, 0.1) is 13.0 Å². The smallest absolute Gasteiger partial charge is 0.224 e. The Labute approximate surface area is 247 Å². The number of aromatic nitrogens is 1. The molecule has 0 spiro atoms. The van der Waals surface area contributed by atoms with Crippen LogP contribution in [0.5, 0.6) is 5.75 Å². The lowest BCUT2D eigenvalue weighted by atomic mass is 10.1. The van der Waals surface area contributed by atoms with Gasteiger partial charge in [0.2, 0.25) is 5.91 Å². The number of nitrogens with one attached hydrogen (secondary N) is 1. The predicted molar refractivity (Wildman–Crippen MR) is 151 cm³/mol. The predicted octanol–water partition coefficient (Wildman–Crippen LogP) is 4.98. The van der Waals surface area contributed by atoms with Crippen LogP contribution >= 0.6 is 11.6 Å².